The van der Waals surface area contributed by atoms with Crippen LogP contribution >= 0.6 is 0 Å². The van der Waals surface area contributed by atoms with Gasteiger partial charge in [-0.1, -0.05) is 29.7 Å². The molecule has 0 saturated heterocycles. The zero-order valence-electron chi connectivity index (χ0n) is 11.5. The third-order valence-electron chi connectivity index (χ3n) is 3.84. The maximum atomic E-state index is 10.7. The molecule has 0 amide bonds. The van der Waals surface area contributed by atoms with Gasteiger partial charge in [0.1, 0.15) is 0 Å². The Bertz CT molecular complexity index is 324. The normalized spacial score (nSPS) is 28.2. The molecule has 2 heteroatoms. The van der Waals surface area contributed by atoms with Crippen LogP contribution in [-0.4, -0.2) is 14.1 Å². The van der Waals surface area contributed by atoms with E-state index in [1.165, 1.54) is 11.1 Å². The number of halogens is 1. The molecule has 1 aliphatic carbocycles. The first-order valence-electron chi connectivity index (χ1n) is 6.47. The van der Waals surface area contributed by atoms with Crippen LogP contribution in [0.1, 0.15) is 59.8 Å². The summed E-state index contributed by atoms with van der Waals surface area (Å²) in [6.45, 7) is 8.42. The highest BCUT2D eigenvalue weighted by Crippen LogP contribution is 2.34. The van der Waals surface area contributed by atoms with Gasteiger partial charge >= 0.3 is 0 Å². The Labute approximate surface area is 120 Å². The molecular weight excluding hydrogens is 323 g/mol. The predicted octanol–water partition coefficient (Wildman–Crippen LogP) is 0.906. The molecule has 1 aliphatic rings. The van der Waals surface area contributed by atoms with Crippen molar-refractivity contribution in [1.82, 2.24) is 0 Å². The lowest BCUT2D eigenvalue weighted by atomic mass is 9.76. The van der Waals surface area contributed by atoms with E-state index in [9.17, 15) is 5.11 Å². The van der Waals surface area contributed by atoms with Crippen molar-refractivity contribution in [2.24, 2.45) is 0 Å². The van der Waals surface area contributed by atoms with Crippen LogP contribution in [0.3, 0.4) is 0 Å². The number of hydrogen-bond acceptors (Lipinski definition) is 1. The van der Waals surface area contributed by atoms with Crippen LogP contribution in [0.2, 0.25) is 0 Å². The van der Waals surface area contributed by atoms with Crippen molar-refractivity contribution in [3.05, 3.63) is 23.3 Å². The van der Waals surface area contributed by atoms with Crippen LogP contribution in [-0.2, 0) is 0 Å². The molecule has 17 heavy (non-hydrogen) atoms. The summed E-state index contributed by atoms with van der Waals surface area (Å²) in [4.78, 5) is 0. The second kappa shape index (κ2) is 5.87. The maximum absolute atomic E-state index is 10.7. The first-order valence-corrected chi connectivity index (χ1v) is 7.55. The average Bonchev–Trinajstić information content (AvgIpc) is 2.21. The van der Waals surface area contributed by atoms with Crippen molar-refractivity contribution in [1.29, 1.82) is 0 Å². The van der Waals surface area contributed by atoms with Crippen molar-refractivity contribution in [2.75, 3.05) is 0 Å². The summed E-state index contributed by atoms with van der Waals surface area (Å²) in [5.41, 5.74) is 2.23. The Balaban J connectivity index is 2.66. The SMILES string of the molecule is CC(C)=CCC[C@](C)(O)C1([I-])CC=C(C)CC1. The molecule has 2 atom stereocenters. The third kappa shape index (κ3) is 4.09. The van der Waals surface area contributed by atoms with Gasteiger partial charge in [0.2, 0.25) is 0 Å². The van der Waals surface area contributed by atoms with Gasteiger partial charge in [0, 0.05) is 5.60 Å². The predicted molar refractivity (Wildman–Crippen MR) is 69.6 cm³/mol. The highest BCUT2D eigenvalue weighted by Gasteiger charge is 2.35. The molecule has 0 spiro atoms. The quantitative estimate of drug-likeness (QED) is 0.455. The van der Waals surface area contributed by atoms with Gasteiger partial charge < -0.3 is 27.7 Å². The minimum Gasteiger partial charge on any atom is -0.786 e. The summed E-state index contributed by atoms with van der Waals surface area (Å²) < 4.78 is 0.0136. The molecule has 1 rings (SSSR count). The molecule has 1 unspecified atom stereocenters. The summed E-state index contributed by atoms with van der Waals surface area (Å²) in [7, 11) is 0. The molecule has 0 aromatic rings. The van der Waals surface area contributed by atoms with E-state index < -0.39 is 5.60 Å². The molecule has 0 bridgehead atoms. The standard InChI is InChI=1S/C15H25IO/c1-12(2)6-5-9-14(4,17)15(16)10-7-13(3)8-11-15/h6-7,17H,5,8-11H2,1-4H3/q-1/t14-,15?/m0/s1. The van der Waals surface area contributed by atoms with Crippen LogP contribution in [0.5, 0.6) is 0 Å². The Kier molecular flexibility index (Phi) is 5.26. The smallest absolute Gasteiger partial charge is 0.0466 e. The van der Waals surface area contributed by atoms with Gasteiger partial charge in [0.05, 0.1) is 0 Å². The highest BCUT2D eigenvalue weighted by molar-refractivity contribution is 5.12. The topological polar surface area (TPSA) is 20.2 Å². The Morgan fingerprint density at radius 1 is 1.59 bits per heavy atom. The molecule has 0 fully saturated rings. The fourth-order valence-electron chi connectivity index (χ4n) is 2.29. The van der Waals surface area contributed by atoms with Gasteiger partial charge in [0.25, 0.3) is 0 Å². The van der Waals surface area contributed by atoms with Gasteiger partial charge in [-0.2, -0.15) is 0 Å². The number of aliphatic hydroxyl groups is 1. The van der Waals surface area contributed by atoms with E-state index in [2.05, 4.69) is 55.5 Å². The van der Waals surface area contributed by atoms with E-state index >= 15 is 0 Å². The van der Waals surface area contributed by atoms with E-state index in [0.29, 0.717) is 0 Å². The van der Waals surface area contributed by atoms with E-state index in [1.807, 2.05) is 6.92 Å². The Morgan fingerprint density at radius 2 is 2.24 bits per heavy atom. The summed E-state index contributed by atoms with van der Waals surface area (Å²) >= 11 is 2.48. The summed E-state index contributed by atoms with van der Waals surface area (Å²) in [5, 5.41) is 10.7. The lowest BCUT2D eigenvalue weighted by Gasteiger charge is -2.54. The molecule has 1 radical (unpaired) electrons. The number of allylic oxidation sites excluding steroid dienone is 4. The lowest BCUT2D eigenvalue weighted by molar-refractivity contribution is -0.514. The largest absolute Gasteiger partial charge is 0.786 e. The lowest BCUT2D eigenvalue weighted by Crippen LogP contribution is -3.45. The average molecular weight is 348 g/mol. The second-order valence-corrected chi connectivity index (χ2v) is 7.88. The molecule has 0 aliphatic heterocycles. The number of hydrogen-bond donors (Lipinski definition) is 1. The van der Waals surface area contributed by atoms with Crippen molar-refractivity contribution < 1.29 is 27.7 Å². The monoisotopic (exact) mass is 348 g/mol. The molecule has 0 saturated carbocycles. The van der Waals surface area contributed by atoms with Gasteiger partial charge in [-0.05, 0) is 53.4 Å². The summed E-state index contributed by atoms with van der Waals surface area (Å²) in [6, 6.07) is 0. The Morgan fingerprint density at radius 3 is 2.71 bits per heavy atom. The number of alkyl halides is 1. The van der Waals surface area contributed by atoms with Crippen LogP contribution in [0, 0.1) is 0 Å². The third-order valence-corrected chi connectivity index (χ3v) is 5.98. The minimum absolute atomic E-state index is 0.0136. The zero-order chi connectivity index (χ0) is 13.1. The fourth-order valence-corrected chi connectivity index (χ4v) is 3.05. The molecule has 99 valence electrons. The van der Waals surface area contributed by atoms with Crippen LogP contribution in [0.25, 0.3) is 0 Å². The van der Waals surface area contributed by atoms with Gasteiger partial charge in [-0.25, -0.2) is 0 Å². The second-order valence-electron chi connectivity index (χ2n) is 5.81. The van der Waals surface area contributed by atoms with Crippen LogP contribution in [0.15, 0.2) is 23.3 Å². The van der Waals surface area contributed by atoms with E-state index in [1.54, 1.807) is 0 Å². The number of rotatable bonds is 4. The van der Waals surface area contributed by atoms with Crippen molar-refractivity contribution in [3.8, 4) is 0 Å². The molecule has 1 N–H and O–H groups in total. The van der Waals surface area contributed by atoms with E-state index in [0.717, 1.165) is 32.1 Å². The van der Waals surface area contributed by atoms with Gasteiger partial charge in [-0.15, -0.1) is 3.42 Å². The van der Waals surface area contributed by atoms with Crippen molar-refractivity contribution in [3.63, 3.8) is 0 Å². The summed E-state index contributed by atoms with van der Waals surface area (Å²) in [5.74, 6) is 0. The molecule has 0 aromatic carbocycles. The minimum atomic E-state index is -0.573. The molecular formula is C15H25IO-. The van der Waals surface area contributed by atoms with E-state index in [4.69, 9.17) is 0 Å². The highest BCUT2D eigenvalue weighted by atomic mass is 127. The van der Waals surface area contributed by atoms with Gasteiger partial charge in [0.15, 0.2) is 0 Å². The van der Waals surface area contributed by atoms with Crippen molar-refractivity contribution >= 4 is 0 Å². The maximum Gasteiger partial charge on any atom is 0.0466 e. The fraction of sp³-hybridized carbons (Fsp3) is 0.733. The first kappa shape index (κ1) is 15.2. The van der Waals surface area contributed by atoms with Gasteiger partial charge in [-0.3, -0.25) is 0 Å². The molecule has 1 nitrogen and oxygen atoms in total. The zero-order valence-corrected chi connectivity index (χ0v) is 13.7. The van der Waals surface area contributed by atoms with Crippen LogP contribution < -0.4 is 22.6 Å². The molecule has 0 aromatic heterocycles. The molecule has 0 heterocycles. The van der Waals surface area contributed by atoms with E-state index in [-0.39, 0.29) is 3.42 Å². The van der Waals surface area contributed by atoms with Crippen molar-refractivity contribution in [2.45, 2.75) is 68.8 Å². The summed E-state index contributed by atoms with van der Waals surface area (Å²) in [6.07, 6.45) is 9.57. The Hall–Kier alpha value is 0.170. The first-order chi connectivity index (χ1) is 7.77. The van der Waals surface area contributed by atoms with Crippen LogP contribution in [0.4, 0.5) is 0 Å².